The van der Waals surface area contributed by atoms with Crippen molar-refractivity contribution in [1.82, 2.24) is 15.5 Å². The third kappa shape index (κ3) is 6.38. The van der Waals surface area contributed by atoms with Crippen LogP contribution in [0.4, 0.5) is 8.78 Å². The molecule has 3 rings (SSSR count). The molecule has 0 aromatic heterocycles. The first-order chi connectivity index (χ1) is 15.0. The van der Waals surface area contributed by atoms with E-state index in [1.165, 1.54) is 11.0 Å². The number of carbonyl (C=O) groups is 2. The first kappa shape index (κ1) is 25.5. The molecule has 0 saturated carbocycles. The van der Waals surface area contributed by atoms with Gasteiger partial charge in [0.25, 0.3) is 11.8 Å². The van der Waals surface area contributed by atoms with E-state index >= 15 is 0 Å². The Balaban J connectivity index is 0.00000363. The number of ether oxygens (including phenoxy) is 1. The molecule has 0 fully saturated rings. The molecule has 10 heteroatoms. The second kappa shape index (κ2) is 12.3. The van der Waals surface area contributed by atoms with Gasteiger partial charge in [0.2, 0.25) is 0 Å². The zero-order chi connectivity index (χ0) is 22.2. The largest absolute Gasteiger partial charge is 0.434 e. The highest BCUT2D eigenvalue weighted by molar-refractivity contribution is 14.0. The van der Waals surface area contributed by atoms with Crippen molar-refractivity contribution in [3.8, 4) is 5.75 Å². The predicted molar refractivity (Wildman–Crippen MR) is 128 cm³/mol. The number of nitrogens with one attached hydrogen (secondary N) is 2. The molecular weight excluding hydrogens is 533 g/mol. The number of alkyl halides is 2. The summed E-state index contributed by atoms with van der Waals surface area (Å²) >= 11 is 0. The van der Waals surface area contributed by atoms with Crippen molar-refractivity contribution in [3.05, 3.63) is 65.2 Å². The highest BCUT2D eigenvalue weighted by atomic mass is 127. The summed E-state index contributed by atoms with van der Waals surface area (Å²) < 4.78 is 29.6. The second-order valence-electron chi connectivity index (χ2n) is 6.85. The highest BCUT2D eigenvalue weighted by Gasteiger charge is 2.34. The van der Waals surface area contributed by atoms with Crippen LogP contribution in [0.25, 0.3) is 0 Å². The minimum Gasteiger partial charge on any atom is -0.434 e. The molecule has 0 atom stereocenters. The van der Waals surface area contributed by atoms with Crippen molar-refractivity contribution < 1.29 is 23.1 Å². The van der Waals surface area contributed by atoms with Gasteiger partial charge in [0.1, 0.15) is 5.75 Å². The lowest BCUT2D eigenvalue weighted by Gasteiger charge is -2.15. The third-order valence-corrected chi connectivity index (χ3v) is 4.84. The number of aliphatic imine (C=N–C) groups is 1. The van der Waals surface area contributed by atoms with Crippen molar-refractivity contribution in [1.29, 1.82) is 0 Å². The van der Waals surface area contributed by atoms with E-state index in [2.05, 4.69) is 20.4 Å². The molecule has 172 valence electrons. The molecule has 2 amide bonds. The number of rotatable bonds is 9. The Morgan fingerprint density at radius 1 is 1.00 bits per heavy atom. The van der Waals surface area contributed by atoms with Gasteiger partial charge >= 0.3 is 6.61 Å². The van der Waals surface area contributed by atoms with E-state index in [4.69, 9.17) is 0 Å². The molecule has 0 unspecified atom stereocenters. The van der Waals surface area contributed by atoms with E-state index in [9.17, 15) is 18.4 Å². The fourth-order valence-corrected chi connectivity index (χ4v) is 3.30. The average Bonchev–Trinajstić information content (AvgIpc) is 3.01. The summed E-state index contributed by atoms with van der Waals surface area (Å²) in [7, 11) is 1.61. The van der Waals surface area contributed by atoms with Gasteiger partial charge < -0.3 is 15.4 Å². The van der Waals surface area contributed by atoms with Gasteiger partial charge in [-0.3, -0.25) is 19.5 Å². The number of amides is 2. The lowest BCUT2D eigenvalue weighted by molar-refractivity contribution is -0.0504. The molecular formula is C22H25F2IN4O3. The second-order valence-corrected chi connectivity index (χ2v) is 6.85. The molecule has 0 bridgehead atoms. The minimum atomic E-state index is -2.89. The van der Waals surface area contributed by atoms with Crippen LogP contribution in [0.3, 0.4) is 0 Å². The lowest BCUT2D eigenvalue weighted by Crippen LogP contribution is -2.37. The van der Waals surface area contributed by atoms with Crippen molar-refractivity contribution >= 4 is 41.8 Å². The van der Waals surface area contributed by atoms with Crippen molar-refractivity contribution in [2.24, 2.45) is 4.99 Å². The fraction of sp³-hybridized carbons (Fsp3) is 0.318. The summed E-state index contributed by atoms with van der Waals surface area (Å²) in [4.78, 5) is 30.1. The van der Waals surface area contributed by atoms with Crippen LogP contribution in [0.1, 0.15) is 39.1 Å². The van der Waals surface area contributed by atoms with Crippen LogP contribution in [0.15, 0.2) is 53.5 Å². The Hall–Kier alpha value is -2.76. The van der Waals surface area contributed by atoms with E-state index in [1.807, 2.05) is 0 Å². The molecule has 1 aliphatic rings. The maximum absolute atomic E-state index is 12.5. The van der Waals surface area contributed by atoms with Crippen LogP contribution in [0.2, 0.25) is 0 Å². The molecule has 1 heterocycles. The number of hydrogen-bond acceptors (Lipinski definition) is 4. The number of para-hydroxylation sites is 1. The molecule has 1 aliphatic heterocycles. The predicted octanol–water partition coefficient (Wildman–Crippen LogP) is 3.65. The molecule has 0 spiro atoms. The molecule has 7 nitrogen and oxygen atoms in total. The van der Waals surface area contributed by atoms with Gasteiger partial charge in [0.15, 0.2) is 5.96 Å². The topological polar surface area (TPSA) is 83.0 Å². The number of unbranched alkanes of at least 4 members (excludes halogenated alkanes) is 1. The molecule has 32 heavy (non-hydrogen) atoms. The number of carbonyl (C=O) groups excluding carboxylic acids is 2. The molecule has 0 saturated heterocycles. The van der Waals surface area contributed by atoms with Crippen LogP contribution >= 0.6 is 24.0 Å². The van der Waals surface area contributed by atoms with Gasteiger partial charge in [-0.1, -0.05) is 30.3 Å². The van der Waals surface area contributed by atoms with Gasteiger partial charge in [0, 0.05) is 32.2 Å². The number of guanidine groups is 1. The average molecular weight is 558 g/mol. The van der Waals surface area contributed by atoms with Crippen molar-refractivity contribution in [2.75, 3.05) is 20.1 Å². The minimum absolute atomic E-state index is 0. The van der Waals surface area contributed by atoms with Gasteiger partial charge in [-0.25, -0.2) is 0 Å². The number of hydrogen-bond donors (Lipinski definition) is 2. The normalized spacial score (nSPS) is 13.1. The zero-order valence-electron chi connectivity index (χ0n) is 17.5. The SMILES string of the molecule is CN=C(NCCCCN1C(=O)c2ccccc2C1=O)NCc1ccccc1OC(F)F.I. The Bertz CT molecular complexity index is 937. The molecule has 2 aromatic carbocycles. The third-order valence-electron chi connectivity index (χ3n) is 4.84. The van der Waals surface area contributed by atoms with Crippen LogP contribution < -0.4 is 15.4 Å². The number of nitrogens with zero attached hydrogens (tertiary/aromatic N) is 2. The van der Waals surface area contributed by atoms with E-state index in [0.29, 0.717) is 48.6 Å². The number of fused-ring (bicyclic) bond motifs is 1. The Labute approximate surface area is 202 Å². The Kier molecular flexibility index (Phi) is 9.82. The van der Waals surface area contributed by atoms with E-state index < -0.39 is 6.61 Å². The summed E-state index contributed by atoms with van der Waals surface area (Å²) in [5, 5.41) is 6.18. The van der Waals surface area contributed by atoms with Gasteiger partial charge in [-0.2, -0.15) is 8.78 Å². The van der Waals surface area contributed by atoms with Crippen molar-refractivity contribution in [2.45, 2.75) is 26.0 Å². The van der Waals surface area contributed by atoms with Gasteiger partial charge in [0.05, 0.1) is 11.1 Å². The highest BCUT2D eigenvalue weighted by Crippen LogP contribution is 2.22. The van der Waals surface area contributed by atoms with E-state index in [1.54, 1.807) is 49.5 Å². The summed E-state index contributed by atoms with van der Waals surface area (Å²) in [5.41, 5.74) is 1.48. The van der Waals surface area contributed by atoms with Crippen LogP contribution in [0.5, 0.6) is 5.75 Å². The number of benzene rings is 2. The Morgan fingerprint density at radius 3 is 2.25 bits per heavy atom. The smallest absolute Gasteiger partial charge is 0.387 e. The maximum Gasteiger partial charge on any atom is 0.387 e. The van der Waals surface area contributed by atoms with Crippen LogP contribution in [0, 0.1) is 0 Å². The van der Waals surface area contributed by atoms with E-state index in [0.717, 1.165) is 0 Å². The summed E-state index contributed by atoms with van der Waals surface area (Å²) in [6, 6.07) is 13.4. The molecule has 2 aromatic rings. The molecule has 0 radical (unpaired) electrons. The van der Waals surface area contributed by atoms with Crippen LogP contribution in [-0.2, 0) is 6.54 Å². The standard InChI is InChI=1S/C22H24F2N4O3.HI/c1-25-22(27-14-15-8-2-5-11-18(15)31-21(23)24)26-12-6-7-13-28-19(29)16-9-3-4-10-17(16)20(28)30;/h2-5,8-11,21H,6-7,12-14H2,1H3,(H2,25,26,27);1H. The lowest BCUT2D eigenvalue weighted by atomic mass is 10.1. The summed E-state index contributed by atoms with van der Waals surface area (Å²) in [6.45, 7) is -1.71. The number of imide groups is 1. The number of halogens is 3. The molecule has 2 N–H and O–H groups in total. The van der Waals surface area contributed by atoms with Crippen molar-refractivity contribution in [3.63, 3.8) is 0 Å². The van der Waals surface area contributed by atoms with E-state index in [-0.39, 0.29) is 48.1 Å². The van der Waals surface area contributed by atoms with Gasteiger partial charge in [-0.15, -0.1) is 24.0 Å². The van der Waals surface area contributed by atoms with Gasteiger partial charge in [-0.05, 0) is 31.0 Å². The molecule has 0 aliphatic carbocycles. The first-order valence-corrected chi connectivity index (χ1v) is 9.93. The first-order valence-electron chi connectivity index (χ1n) is 9.93. The monoisotopic (exact) mass is 558 g/mol. The maximum atomic E-state index is 12.5. The Morgan fingerprint density at radius 2 is 1.62 bits per heavy atom. The summed E-state index contributed by atoms with van der Waals surface area (Å²) in [5.74, 6) is 0.111. The van der Waals surface area contributed by atoms with Crippen LogP contribution in [-0.4, -0.2) is 49.4 Å². The fourth-order valence-electron chi connectivity index (χ4n) is 3.30. The summed E-state index contributed by atoms with van der Waals surface area (Å²) in [6.07, 6.45) is 1.35. The zero-order valence-corrected chi connectivity index (χ0v) is 19.8. The quantitative estimate of drug-likeness (QED) is 0.162.